The maximum absolute atomic E-state index is 12.3. The highest BCUT2D eigenvalue weighted by Gasteiger charge is 2.33. The van der Waals surface area contributed by atoms with Crippen molar-refractivity contribution < 1.29 is 14.7 Å². The van der Waals surface area contributed by atoms with Crippen molar-refractivity contribution in [3.63, 3.8) is 0 Å². The number of benzene rings is 1. The first kappa shape index (κ1) is 15.2. The third kappa shape index (κ3) is 3.23. The lowest BCUT2D eigenvalue weighted by Gasteiger charge is -2.12. The molecule has 7 nitrogen and oxygen atoms in total. The standard InChI is InChI=1S/C16H18N4O3/c1-10-19-17-9-20(10)14-4-2-3-13(8-14)18-15(21)11-5-6-12(7-11)16(22)23/h2-4,8-9,11-12H,5-7H2,1H3,(H,18,21)(H,22,23)/t11-,12+/m1/s1. The Bertz CT molecular complexity index is 740. The number of carbonyl (C=O) groups excluding carboxylic acids is 1. The van der Waals surface area contributed by atoms with Crippen molar-refractivity contribution >= 4 is 17.6 Å². The van der Waals surface area contributed by atoms with Gasteiger partial charge < -0.3 is 10.4 Å². The van der Waals surface area contributed by atoms with E-state index in [1.165, 1.54) is 0 Å². The molecule has 1 aromatic heterocycles. The quantitative estimate of drug-likeness (QED) is 0.900. The number of aliphatic carboxylic acids is 1. The van der Waals surface area contributed by atoms with E-state index in [2.05, 4.69) is 15.5 Å². The van der Waals surface area contributed by atoms with Gasteiger partial charge in [-0.25, -0.2) is 0 Å². The Hall–Kier alpha value is -2.70. The van der Waals surface area contributed by atoms with E-state index < -0.39 is 11.9 Å². The zero-order chi connectivity index (χ0) is 16.4. The van der Waals surface area contributed by atoms with Gasteiger partial charge in [-0.05, 0) is 44.4 Å². The number of carboxylic acids is 1. The fourth-order valence-electron chi connectivity index (χ4n) is 2.97. The molecule has 3 rings (SSSR count). The Morgan fingerprint density at radius 1 is 1.30 bits per heavy atom. The monoisotopic (exact) mass is 314 g/mol. The first-order chi connectivity index (χ1) is 11.0. The van der Waals surface area contributed by atoms with Crippen LogP contribution in [-0.2, 0) is 9.59 Å². The predicted octanol–water partition coefficient (Wildman–Crippen LogP) is 2.02. The number of anilines is 1. The number of carboxylic acid groups (broad SMARTS) is 1. The number of aryl methyl sites for hydroxylation is 1. The summed E-state index contributed by atoms with van der Waals surface area (Å²) in [5.74, 6) is -0.821. The number of hydrogen-bond acceptors (Lipinski definition) is 4. The van der Waals surface area contributed by atoms with Gasteiger partial charge in [0.05, 0.1) is 11.6 Å². The van der Waals surface area contributed by atoms with Crippen LogP contribution in [0.1, 0.15) is 25.1 Å². The topological polar surface area (TPSA) is 97.1 Å². The van der Waals surface area contributed by atoms with Crippen molar-refractivity contribution in [2.24, 2.45) is 11.8 Å². The van der Waals surface area contributed by atoms with Crippen LogP contribution < -0.4 is 5.32 Å². The summed E-state index contributed by atoms with van der Waals surface area (Å²) in [5, 5.41) is 19.7. The van der Waals surface area contributed by atoms with Crippen LogP contribution in [0.25, 0.3) is 5.69 Å². The number of carbonyl (C=O) groups is 2. The van der Waals surface area contributed by atoms with Crippen molar-refractivity contribution in [2.45, 2.75) is 26.2 Å². The summed E-state index contributed by atoms with van der Waals surface area (Å²) < 4.78 is 1.83. The number of hydrogen-bond donors (Lipinski definition) is 2. The molecule has 0 spiro atoms. The highest BCUT2D eigenvalue weighted by Crippen LogP contribution is 2.32. The molecule has 2 atom stereocenters. The minimum Gasteiger partial charge on any atom is -0.481 e. The summed E-state index contributed by atoms with van der Waals surface area (Å²) in [6, 6.07) is 7.41. The summed E-state index contributed by atoms with van der Waals surface area (Å²) in [4.78, 5) is 23.3. The van der Waals surface area contributed by atoms with Gasteiger partial charge in [0.2, 0.25) is 5.91 Å². The third-order valence-corrected chi connectivity index (χ3v) is 4.26. The van der Waals surface area contributed by atoms with Gasteiger partial charge in [0.25, 0.3) is 0 Å². The summed E-state index contributed by atoms with van der Waals surface area (Å²) in [7, 11) is 0. The molecule has 1 aliphatic rings. The molecule has 0 unspecified atom stereocenters. The average molecular weight is 314 g/mol. The highest BCUT2D eigenvalue weighted by atomic mass is 16.4. The van der Waals surface area contributed by atoms with Crippen LogP contribution in [0.3, 0.4) is 0 Å². The maximum Gasteiger partial charge on any atom is 0.306 e. The van der Waals surface area contributed by atoms with Crippen LogP contribution in [0.4, 0.5) is 5.69 Å². The first-order valence-corrected chi connectivity index (χ1v) is 7.55. The second-order valence-electron chi connectivity index (χ2n) is 5.83. The molecular weight excluding hydrogens is 296 g/mol. The zero-order valence-corrected chi connectivity index (χ0v) is 12.8. The summed E-state index contributed by atoms with van der Waals surface area (Å²) >= 11 is 0. The Kier molecular flexibility index (Phi) is 4.10. The fraction of sp³-hybridized carbons (Fsp3) is 0.375. The molecule has 0 radical (unpaired) electrons. The minimum atomic E-state index is -0.814. The molecule has 1 aliphatic carbocycles. The van der Waals surface area contributed by atoms with Crippen molar-refractivity contribution in [3.8, 4) is 5.69 Å². The summed E-state index contributed by atoms with van der Waals surface area (Å²) in [6.07, 6.45) is 3.20. The minimum absolute atomic E-state index is 0.119. The van der Waals surface area contributed by atoms with E-state index in [1.54, 1.807) is 6.33 Å². The number of aromatic nitrogens is 3. The molecule has 1 aromatic carbocycles. The zero-order valence-electron chi connectivity index (χ0n) is 12.8. The molecule has 1 heterocycles. The second-order valence-corrected chi connectivity index (χ2v) is 5.83. The Labute approximate surface area is 133 Å². The van der Waals surface area contributed by atoms with E-state index in [0.29, 0.717) is 24.9 Å². The largest absolute Gasteiger partial charge is 0.481 e. The number of rotatable bonds is 4. The van der Waals surface area contributed by atoms with E-state index in [9.17, 15) is 9.59 Å². The molecule has 0 aliphatic heterocycles. The molecule has 2 aromatic rings. The maximum atomic E-state index is 12.3. The molecule has 1 amide bonds. The molecule has 1 fully saturated rings. The first-order valence-electron chi connectivity index (χ1n) is 7.55. The average Bonchev–Trinajstić information content (AvgIpc) is 3.16. The van der Waals surface area contributed by atoms with Gasteiger partial charge in [0.1, 0.15) is 12.2 Å². The smallest absolute Gasteiger partial charge is 0.306 e. The van der Waals surface area contributed by atoms with Gasteiger partial charge in [0.15, 0.2) is 0 Å². The molecule has 120 valence electrons. The van der Waals surface area contributed by atoms with E-state index >= 15 is 0 Å². The molecule has 1 saturated carbocycles. The summed E-state index contributed by atoms with van der Waals surface area (Å²) in [5.41, 5.74) is 1.54. The van der Waals surface area contributed by atoms with Crippen LogP contribution in [-0.4, -0.2) is 31.7 Å². The van der Waals surface area contributed by atoms with Gasteiger partial charge in [-0.1, -0.05) is 6.07 Å². The van der Waals surface area contributed by atoms with Crippen molar-refractivity contribution in [1.29, 1.82) is 0 Å². The Balaban J connectivity index is 1.70. The van der Waals surface area contributed by atoms with Crippen molar-refractivity contribution in [1.82, 2.24) is 14.8 Å². The van der Waals surface area contributed by atoms with Crippen molar-refractivity contribution in [3.05, 3.63) is 36.4 Å². The van der Waals surface area contributed by atoms with Crippen LogP contribution >= 0.6 is 0 Å². The molecule has 0 bridgehead atoms. The lowest BCUT2D eigenvalue weighted by Crippen LogP contribution is -2.21. The molecule has 2 N–H and O–H groups in total. The van der Waals surface area contributed by atoms with Crippen LogP contribution in [0, 0.1) is 18.8 Å². The Morgan fingerprint density at radius 2 is 2.09 bits per heavy atom. The number of nitrogens with one attached hydrogen (secondary N) is 1. The second kappa shape index (κ2) is 6.20. The van der Waals surface area contributed by atoms with Crippen LogP contribution in [0.5, 0.6) is 0 Å². The number of nitrogens with zero attached hydrogens (tertiary/aromatic N) is 3. The van der Waals surface area contributed by atoms with Gasteiger partial charge in [-0.3, -0.25) is 14.2 Å². The van der Waals surface area contributed by atoms with Gasteiger partial charge in [-0.15, -0.1) is 10.2 Å². The molecule has 7 heteroatoms. The van der Waals surface area contributed by atoms with Gasteiger partial charge in [-0.2, -0.15) is 0 Å². The lowest BCUT2D eigenvalue weighted by molar-refractivity contribution is -0.141. The van der Waals surface area contributed by atoms with Crippen LogP contribution in [0.15, 0.2) is 30.6 Å². The van der Waals surface area contributed by atoms with E-state index in [-0.39, 0.29) is 11.8 Å². The lowest BCUT2D eigenvalue weighted by atomic mass is 10.0. The molecule has 0 saturated heterocycles. The number of amides is 1. The van der Waals surface area contributed by atoms with Crippen molar-refractivity contribution in [2.75, 3.05) is 5.32 Å². The predicted molar refractivity (Wildman–Crippen MR) is 83.2 cm³/mol. The van der Waals surface area contributed by atoms with Gasteiger partial charge >= 0.3 is 5.97 Å². The fourth-order valence-corrected chi connectivity index (χ4v) is 2.97. The summed E-state index contributed by atoms with van der Waals surface area (Å²) in [6.45, 7) is 1.85. The normalized spacial score (nSPS) is 20.4. The van der Waals surface area contributed by atoms with Gasteiger partial charge in [0, 0.05) is 11.6 Å². The molecule has 23 heavy (non-hydrogen) atoms. The van der Waals surface area contributed by atoms with E-state index in [1.807, 2.05) is 35.8 Å². The van der Waals surface area contributed by atoms with Crippen LogP contribution in [0.2, 0.25) is 0 Å². The molecular formula is C16H18N4O3. The Morgan fingerprint density at radius 3 is 2.74 bits per heavy atom. The van der Waals surface area contributed by atoms with E-state index in [0.717, 1.165) is 11.5 Å². The SMILES string of the molecule is Cc1nncn1-c1cccc(NC(=O)[C@@H]2CC[C@H](C(=O)O)C2)c1. The third-order valence-electron chi connectivity index (χ3n) is 4.26. The highest BCUT2D eigenvalue weighted by molar-refractivity contribution is 5.93. The van der Waals surface area contributed by atoms with E-state index in [4.69, 9.17) is 5.11 Å².